The van der Waals surface area contributed by atoms with Crippen LogP contribution in [0.15, 0.2) is 42.5 Å². The summed E-state index contributed by atoms with van der Waals surface area (Å²) in [5.74, 6) is 1.68. The average molecular weight is 513 g/mol. The maximum Gasteiger partial charge on any atom is 0.229 e. The van der Waals surface area contributed by atoms with E-state index in [9.17, 15) is 9.59 Å². The van der Waals surface area contributed by atoms with Crippen LogP contribution in [0.2, 0.25) is 5.02 Å². The fraction of sp³-hybridized carbons (Fsp3) is 0.517. The first-order valence-corrected chi connectivity index (χ1v) is 13.2. The van der Waals surface area contributed by atoms with Gasteiger partial charge in [0.15, 0.2) is 11.5 Å². The summed E-state index contributed by atoms with van der Waals surface area (Å²) in [6.07, 6.45) is 2.83. The Hall–Kier alpha value is -2.57. The van der Waals surface area contributed by atoms with Crippen LogP contribution in [0.5, 0.6) is 11.5 Å². The van der Waals surface area contributed by atoms with Crippen molar-refractivity contribution in [2.45, 2.75) is 59.0 Å². The predicted octanol–water partition coefficient (Wildman–Crippen LogP) is 5.88. The van der Waals surface area contributed by atoms with Crippen molar-refractivity contribution in [3.63, 3.8) is 0 Å². The molecule has 0 radical (unpaired) electrons. The molecule has 2 fully saturated rings. The molecule has 2 aromatic carbocycles. The van der Waals surface area contributed by atoms with Crippen LogP contribution in [0.1, 0.15) is 63.6 Å². The van der Waals surface area contributed by atoms with E-state index >= 15 is 0 Å². The van der Waals surface area contributed by atoms with Gasteiger partial charge in [-0.25, -0.2) is 0 Å². The standard InChI is InChI=1S/C29H37ClN2O4/c1-5-24(21-7-9-23(30)10-8-21)31(19-22-17-29(22,2)3)18-20-6-11-25(26(16-20)35-4)36-15-14-32-27(33)12-13-28(32)34/h6-11,16,22,24H,5,12-15,17-19H2,1-4H3/t22-,24?/m1/s1. The molecule has 2 atom stereocenters. The Balaban J connectivity index is 1.47. The minimum atomic E-state index is -0.129. The summed E-state index contributed by atoms with van der Waals surface area (Å²) in [5.41, 5.74) is 2.82. The van der Waals surface area contributed by atoms with Crippen molar-refractivity contribution in [1.82, 2.24) is 9.80 Å². The van der Waals surface area contributed by atoms with Gasteiger partial charge in [-0.2, -0.15) is 0 Å². The van der Waals surface area contributed by atoms with Crippen molar-refractivity contribution in [1.29, 1.82) is 0 Å². The van der Waals surface area contributed by atoms with E-state index in [1.165, 1.54) is 16.9 Å². The lowest BCUT2D eigenvalue weighted by molar-refractivity contribution is -0.138. The van der Waals surface area contributed by atoms with Crippen molar-refractivity contribution >= 4 is 23.4 Å². The molecule has 1 heterocycles. The Morgan fingerprint density at radius 3 is 2.33 bits per heavy atom. The van der Waals surface area contributed by atoms with Crippen molar-refractivity contribution in [2.75, 3.05) is 26.8 Å². The number of benzene rings is 2. The van der Waals surface area contributed by atoms with Crippen LogP contribution in [0.3, 0.4) is 0 Å². The van der Waals surface area contributed by atoms with Crippen molar-refractivity contribution in [3.8, 4) is 11.5 Å². The lowest BCUT2D eigenvalue weighted by Gasteiger charge is -2.32. The molecule has 194 valence electrons. The summed E-state index contributed by atoms with van der Waals surface area (Å²) in [4.78, 5) is 27.5. The van der Waals surface area contributed by atoms with Gasteiger partial charge in [0, 0.05) is 37.0 Å². The zero-order valence-electron chi connectivity index (χ0n) is 21.8. The fourth-order valence-corrected chi connectivity index (χ4v) is 5.27. The minimum Gasteiger partial charge on any atom is -0.493 e. The van der Waals surface area contributed by atoms with E-state index in [2.05, 4.69) is 43.9 Å². The molecule has 0 N–H and O–H groups in total. The second-order valence-electron chi connectivity index (χ2n) is 10.6. The maximum atomic E-state index is 11.8. The fourth-order valence-electron chi connectivity index (χ4n) is 5.15. The van der Waals surface area contributed by atoms with Crippen LogP contribution < -0.4 is 9.47 Å². The predicted molar refractivity (Wildman–Crippen MR) is 141 cm³/mol. The largest absolute Gasteiger partial charge is 0.493 e. The van der Waals surface area contributed by atoms with Crippen LogP contribution >= 0.6 is 11.6 Å². The Morgan fingerprint density at radius 1 is 1.08 bits per heavy atom. The first-order valence-electron chi connectivity index (χ1n) is 12.8. The molecule has 6 nitrogen and oxygen atoms in total. The average Bonchev–Trinajstić information content (AvgIpc) is 3.33. The van der Waals surface area contributed by atoms with E-state index in [4.69, 9.17) is 21.1 Å². The number of methoxy groups -OCH3 is 1. The summed E-state index contributed by atoms with van der Waals surface area (Å²) >= 11 is 6.16. The van der Waals surface area contributed by atoms with Gasteiger partial charge in [0.05, 0.1) is 13.7 Å². The molecule has 36 heavy (non-hydrogen) atoms. The number of halogens is 1. The molecule has 2 amide bonds. The highest BCUT2D eigenvalue weighted by Crippen LogP contribution is 2.52. The molecule has 0 aromatic heterocycles. The highest BCUT2D eigenvalue weighted by molar-refractivity contribution is 6.30. The SMILES string of the molecule is CCC(c1ccc(Cl)cc1)N(Cc1ccc(OCCN2C(=O)CCC2=O)c(OC)c1)C[C@H]1CC1(C)C. The molecule has 7 heteroatoms. The van der Waals surface area contributed by atoms with Crippen LogP contribution in [-0.2, 0) is 16.1 Å². The normalized spacial score (nSPS) is 19.6. The molecule has 4 rings (SSSR count). The highest BCUT2D eigenvalue weighted by atomic mass is 35.5. The molecule has 1 saturated carbocycles. The van der Waals surface area contributed by atoms with Gasteiger partial charge in [-0.3, -0.25) is 19.4 Å². The van der Waals surface area contributed by atoms with Gasteiger partial charge in [-0.05, 0) is 59.6 Å². The molecular formula is C29H37ClN2O4. The second-order valence-corrected chi connectivity index (χ2v) is 11.0. The third-order valence-electron chi connectivity index (χ3n) is 7.60. The smallest absolute Gasteiger partial charge is 0.229 e. The number of hydrogen-bond acceptors (Lipinski definition) is 5. The van der Waals surface area contributed by atoms with Gasteiger partial charge in [-0.15, -0.1) is 0 Å². The van der Waals surface area contributed by atoms with Crippen LogP contribution in [0.25, 0.3) is 0 Å². The highest BCUT2D eigenvalue weighted by Gasteiger charge is 2.46. The van der Waals surface area contributed by atoms with Gasteiger partial charge >= 0.3 is 0 Å². The maximum absolute atomic E-state index is 11.8. The van der Waals surface area contributed by atoms with E-state index in [0.717, 1.165) is 30.1 Å². The topological polar surface area (TPSA) is 59.1 Å². The minimum absolute atomic E-state index is 0.129. The molecule has 2 aliphatic rings. The van der Waals surface area contributed by atoms with Crippen LogP contribution in [0.4, 0.5) is 0 Å². The van der Waals surface area contributed by atoms with Gasteiger partial charge in [0.2, 0.25) is 11.8 Å². The number of rotatable bonds is 12. The molecule has 0 spiro atoms. The van der Waals surface area contributed by atoms with Crippen molar-refractivity contribution in [3.05, 3.63) is 58.6 Å². The van der Waals surface area contributed by atoms with E-state index in [-0.39, 0.29) is 31.0 Å². The Bertz CT molecular complexity index is 1070. The quantitative estimate of drug-likeness (QED) is 0.332. The molecule has 1 aliphatic carbocycles. The summed E-state index contributed by atoms with van der Waals surface area (Å²) in [6.45, 7) is 9.25. The Morgan fingerprint density at radius 2 is 1.75 bits per heavy atom. The van der Waals surface area contributed by atoms with E-state index in [1.807, 2.05) is 24.3 Å². The summed E-state index contributed by atoms with van der Waals surface area (Å²) in [6, 6.07) is 14.5. The number of ether oxygens (including phenoxy) is 2. The van der Waals surface area contributed by atoms with Gasteiger partial charge in [-0.1, -0.05) is 50.6 Å². The van der Waals surface area contributed by atoms with Crippen LogP contribution in [0, 0.1) is 11.3 Å². The molecule has 1 unspecified atom stereocenters. The summed E-state index contributed by atoms with van der Waals surface area (Å²) in [7, 11) is 1.63. The van der Waals surface area contributed by atoms with Crippen molar-refractivity contribution < 1.29 is 19.1 Å². The molecule has 2 aromatic rings. The van der Waals surface area contributed by atoms with Gasteiger partial charge in [0.1, 0.15) is 6.61 Å². The lowest BCUT2D eigenvalue weighted by Crippen LogP contribution is -2.33. The number of nitrogens with zero attached hydrogens (tertiary/aromatic N) is 2. The third-order valence-corrected chi connectivity index (χ3v) is 7.85. The molecule has 1 saturated heterocycles. The second kappa shape index (κ2) is 11.2. The number of carbonyl (C=O) groups is 2. The number of hydrogen-bond donors (Lipinski definition) is 0. The molecule has 0 bridgehead atoms. The lowest BCUT2D eigenvalue weighted by atomic mass is 10.0. The monoisotopic (exact) mass is 512 g/mol. The summed E-state index contributed by atoms with van der Waals surface area (Å²) < 4.78 is 11.5. The number of amides is 2. The molecular weight excluding hydrogens is 476 g/mol. The zero-order valence-corrected chi connectivity index (χ0v) is 22.5. The van der Waals surface area contributed by atoms with E-state index < -0.39 is 0 Å². The zero-order chi connectivity index (χ0) is 25.9. The molecule has 1 aliphatic heterocycles. The number of carbonyl (C=O) groups excluding carboxylic acids is 2. The summed E-state index contributed by atoms with van der Waals surface area (Å²) in [5, 5.41) is 0.752. The van der Waals surface area contributed by atoms with Crippen molar-refractivity contribution in [2.24, 2.45) is 11.3 Å². The Labute approximate surface area is 219 Å². The number of likely N-dealkylation sites (tertiary alicyclic amines) is 1. The first-order chi connectivity index (χ1) is 17.2. The van der Waals surface area contributed by atoms with Gasteiger partial charge in [0.25, 0.3) is 0 Å². The number of imide groups is 1. The Kier molecular flexibility index (Phi) is 8.26. The van der Waals surface area contributed by atoms with Gasteiger partial charge < -0.3 is 9.47 Å². The van der Waals surface area contributed by atoms with Crippen LogP contribution in [-0.4, -0.2) is 48.4 Å². The third kappa shape index (κ3) is 6.22. The van der Waals surface area contributed by atoms with E-state index in [1.54, 1.807) is 7.11 Å². The van der Waals surface area contributed by atoms with E-state index in [0.29, 0.717) is 35.7 Å². The first kappa shape index (κ1) is 26.5.